The van der Waals surface area contributed by atoms with Gasteiger partial charge in [0.1, 0.15) is 0 Å². The Morgan fingerprint density at radius 3 is 2.16 bits per heavy atom. The zero-order valence-corrected chi connectivity index (χ0v) is 16.6. The molecule has 0 atom stereocenters. The molecule has 1 N–H and O–H groups in total. The van der Waals surface area contributed by atoms with Gasteiger partial charge in [-0.15, -0.1) is 47.1 Å². The number of hydrogen-bond donors (Lipinski definition) is 2. The quantitative estimate of drug-likeness (QED) is 0.295. The van der Waals surface area contributed by atoms with Crippen LogP contribution in [0.2, 0.25) is 0 Å². The first-order valence-corrected chi connectivity index (χ1v) is 10.7. The van der Waals surface area contributed by atoms with Gasteiger partial charge >= 0.3 is 5.97 Å². The molecule has 0 bridgehead atoms. The van der Waals surface area contributed by atoms with Crippen molar-refractivity contribution in [2.24, 2.45) is 0 Å². The number of carboxylic acids is 1. The predicted octanol–water partition coefficient (Wildman–Crippen LogP) is 6.66. The number of fused-ring (bicyclic) bond motifs is 2. The van der Waals surface area contributed by atoms with Crippen LogP contribution in [0.15, 0.2) is 69.1 Å². The summed E-state index contributed by atoms with van der Waals surface area (Å²) >= 11 is 9.31. The van der Waals surface area contributed by atoms with E-state index in [1.165, 1.54) is 24.4 Å². The minimum Gasteiger partial charge on any atom is -0.481 e. The van der Waals surface area contributed by atoms with E-state index in [1.54, 1.807) is 34.4 Å². The maximum absolute atomic E-state index is 10.4. The molecule has 0 fully saturated rings. The van der Waals surface area contributed by atoms with Gasteiger partial charge in [-0.25, -0.2) is 0 Å². The molecule has 0 radical (unpaired) electrons. The molecule has 0 aliphatic heterocycles. The van der Waals surface area contributed by atoms with Crippen LogP contribution in [-0.4, -0.2) is 16.8 Å². The lowest BCUT2D eigenvalue weighted by Gasteiger charge is -1.92. The van der Waals surface area contributed by atoms with Crippen molar-refractivity contribution in [1.29, 1.82) is 0 Å². The third kappa shape index (κ3) is 5.25. The number of thioether (sulfide) groups is 1. The Balaban J connectivity index is 0.000000157. The van der Waals surface area contributed by atoms with Gasteiger partial charge in [-0.05, 0) is 35.0 Å². The third-order valence-electron chi connectivity index (χ3n) is 3.38. The third-order valence-corrected chi connectivity index (χ3v) is 7.02. The Bertz CT molecular complexity index is 921. The van der Waals surface area contributed by atoms with Crippen molar-refractivity contribution in [2.45, 2.75) is 14.8 Å². The monoisotopic (exact) mass is 404 g/mol. The van der Waals surface area contributed by atoms with Crippen LogP contribution >= 0.6 is 47.1 Å². The molecule has 2 aromatic heterocycles. The number of carboxylic acid groups (broad SMARTS) is 1. The van der Waals surface area contributed by atoms with Crippen molar-refractivity contribution in [3.05, 3.63) is 60.7 Å². The van der Waals surface area contributed by atoms with Crippen molar-refractivity contribution in [1.82, 2.24) is 0 Å². The maximum atomic E-state index is 10.4. The van der Waals surface area contributed by atoms with E-state index in [4.69, 9.17) is 5.11 Å². The van der Waals surface area contributed by atoms with Crippen LogP contribution in [0.3, 0.4) is 0 Å². The highest BCUT2D eigenvalue weighted by Gasteiger charge is 2.03. The maximum Gasteiger partial charge on any atom is 0.304 e. The number of aliphatic carboxylic acids is 1. The Morgan fingerprint density at radius 2 is 1.56 bits per heavy atom. The molecule has 0 unspecified atom stereocenters. The van der Waals surface area contributed by atoms with E-state index in [0.29, 0.717) is 5.75 Å². The molecule has 6 heteroatoms. The number of carbonyl (C=O) groups is 1. The van der Waals surface area contributed by atoms with E-state index in [1.807, 2.05) is 24.3 Å². The minimum absolute atomic E-state index is 0.221. The molecule has 4 aromatic rings. The topological polar surface area (TPSA) is 37.3 Å². The molecule has 128 valence electrons. The van der Waals surface area contributed by atoms with Gasteiger partial charge in [0.2, 0.25) is 0 Å². The molecule has 2 heterocycles. The molecule has 0 spiro atoms. The van der Waals surface area contributed by atoms with Gasteiger partial charge in [-0.1, -0.05) is 36.4 Å². The SMILES string of the molecule is O=C(O)CCSc1cc2ccccc2s1.Sc1cc2ccccc2s1. The van der Waals surface area contributed by atoms with E-state index in [9.17, 15) is 4.79 Å². The first-order chi connectivity index (χ1) is 12.1. The predicted molar refractivity (Wildman–Crippen MR) is 114 cm³/mol. The van der Waals surface area contributed by atoms with Crippen molar-refractivity contribution in [3.8, 4) is 0 Å². The fourth-order valence-electron chi connectivity index (χ4n) is 2.24. The van der Waals surface area contributed by atoms with Crippen molar-refractivity contribution < 1.29 is 9.90 Å². The van der Waals surface area contributed by atoms with E-state index in [-0.39, 0.29) is 6.42 Å². The first-order valence-electron chi connectivity index (χ1n) is 7.62. The molecular weight excluding hydrogens is 388 g/mol. The Labute approximate surface area is 163 Å². The summed E-state index contributed by atoms with van der Waals surface area (Å²) < 4.78 is 4.85. The fraction of sp³-hybridized carbons (Fsp3) is 0.105. The molecule has 0 amide bonds. The van der Waals surface area contributed by atoms with Gasteiger partial charge < -0.3 is 5.11 Å². The van der Waals surface area contributed by atoms with Crippen LogP contribution in [0.25, 0.3) is 20.2 Å². The number of rotatable bonds is 4. The molecule has 4 rings (SSSR count). The first kappa shape index (κ1) is 18.3. The zero-order valence-electron chi connectivity index (χ0n) is 13.2. The van der Waals surface area contributed by atoms with Crippen molar-refractivity contribution >= 4 is 73.2 Å². The van der Waals surface area contributed by atoms with Crippen molar-refractivity contribution in [2.75, 3.05) is 5.75 Å². The highest BCUT2D eigenvalue weighted by atomic mass is 32.2. The summed E-state index contributed by atoms with van der Waals surface area (Å²) in [5, 5.41) is 11.0. The summed E-state index contributed by atoms with van der Waals surface area (Å²) in [6.45, 7) is 0. The number of thiophene rings is 2. The second-order valence-corrected chi connectivity index (χ2v) is 9.57. The van der Waals surface area contributed by atoms with E-state index < -0.39 is 5.97 Å². The smallest absolute Gasteiger partial charge is 0.304 e. The zero-order chi connectivity index (χ0) is 17.6. The highest BCUT2D eigenvalue weighted by Crippen LogP contribution is 2.32. The lowest BCUT2D eigenvalue weighted by atomic mass is 10.3. The fourth-order valence-corrected chi connectivity index (χ4v) is 5.71. The number of benzene rings is 2. The van der Waals surface area contributed by atoms with E-state index >= 15 is 0 Å². The largest absolute Gasteiger partial charge is 0.481 e. The second-order valence-electron chi connectivity index (χ2n) is 5.22. The van der Waals surface area contributed by atoms with Gasteiger partial charge in [-0.3, -0.25) is 4.79 Å². The molecule has 0 saturated carbocycles. The normalized spacial score (nSPS) is 10.6. The molecule has 25 heavy (non-hydrogen) atoms. The number of thiol groups is 1. The molecular formula is C19H16O2S4. The van der Waals surface area contributed by atoms with Crippen molar-refractivity contribution in [3.63, 3.8) is 0 Å². The lowest BCUT2D eigenvalue weighted by Crippen LogP contribution is -1.95. The molecule has 0 saturated heterocycles. The van der Waals surface area contributed by atoms with Crippen LogP contribution in [0, 0.1) is 0 Å². The second kappa shape index (κ2) is 8.76. The van der Waals surface area contributed by atoms with Gasteiger partial charge in [0.25, 0.3) is 0 Å². The van der Waals surface area contributed by atoms with E-state index in [0.717, 1.165) is 4.21 Å². The van der Waals surface area contributed by atoms with Gasteiger partial charge in [0.15, 0.2) is 0 Å². The number of hydrogen-bond acceptors (Lipinski definition) is 5. The molecule has 0 aliphatic carbocycles. The van der Waals surface area contributed by atoms with Crippen LogP contribution in [-0.2, 0) is 4.79 Å². The average Bonchev–Trinajstić information content (AvgIpc) is 3.16. The van der Waals surface area contributed by atoms with Crippen LogP contribution in [0.5, 0.6) is 0 Å². The molecule has 0 aliphatic rings. The van der Waals surface area contributed by atoms with Crippen LogP contribution in [0.4, 0.5) is 0 Å². The molecule has 2 aromatic carbocycles. The summed E-state index contributed by atoms with van der Waals surface area (Å²) in [6.07, 6.45) is 0.221. The lowest BCUT2D eigenvalue weighted by molar-refractivity contribution is -0.136. The Morgan fingerprint density at radius 1 is 0.960 bits per heavy atom. The highest BCUT2D eigenvalue weighted by molar-refractivity contribution is 8.01. The van der Waals surface area contributed by atoms with Gasteiger partial charge in [0, 0.05) is 15.2 Å². The average molecular weight is 405 g/mol. The summed E-state index contributed by atoms with van der Waals surface area (Å²) in [4.78, 5) is 10.4. The van der Waals surface area contributed by atoms with Crippen LogP contribution in [0.1, 0.15) is 6.42 Å². The van der Waals surface area contributed by atoms with Gasteiger partial charge in [-0.2, -0.15) is 0 Å². The summed E-state index contributed by atoms with van der Waals surface area (Å²) in [5.74, 6) is -0.0917. The standard InChI is InChI=1S/C11H10O2S2.C8H6S2/c12-10(13)5-6-14-11-7-8-3-1-2-4-9(8)15-11;9-8-5-6-3-1-2-4-7(6)10-8/h1-4,7H,5-6H2,(H,12,13);1-5,9H. The Kier molecular flexibility index (Phi) is 6.42. The summed E-state index contributed by atoms with van der Waals surface area (Å²) in [5.41, 5.74) is 0. The Hall–Kier alpha value is -1.47. The minimum atomic E-state index is -0.733. The summed E-state index contributed by atoms with van der Waals surface area (Å²) in [7, 11) is 0. The van der Waals surface area contributed by atoms with E-state index in [2.05, 4.69) is 49.0 Å². The van der Waals surface area contributed by atoms with Gasteiger partial charge in [0.05, 0.1) is 14.8 Å². The summed E-state index contributed by atoms with van der Waals surface area (Å²) in [6, 6.07) is 20.7. The van der Waals surface area contributed by atoms with Crippen LogP contribution < -0.4 is 0 Å². The molecule has 2 nitrogen and oxygen atoms in total.